The summed E-state index contributed by atoms with van der Waals surface area (Å²) in [6.07, 6.45) is 0. The van der Waals surface area contributed by atoms with Crippen LogP contribution in [0.2, 0.25) is 0 Å². The fraction of sp³-hybridized carbons (Fsp3) is 0.176. The van der Waals surface area contributed by atoms with Gasteiger partial charge in [0, 0.05) is 11.3 Å². The van der Waals surface area contributed by atoms with Crippen LogP contribution in [0.4, 0.5) is 4.39 Å². The van der Waals surface area contributed by atoms with Crippen molar-refractivity contribution in [1.82, 2.24) is 0 Å². The Hall–Kier alpha value is -2.12. The van der Waals surface area contributed by atoms with Crippen molar-refractivity contribution in [2.75, 3.05) is 5.75 Å². The number of rotatable bonds is 5. The number of carbonyl (C=O) groups excluding carboxylic acids is 1. The van der Waals surface area contributed by atoms with E-state index in [1.807, 2.05) is 18.2 Å². The third kappa shape index (κ3) is 4.17. The highest BCUT2D eigenvalue weighted by molar-refractivity contribution is 7.99. The molecule has 0 spiro atoms. The lowest BCUT2D eigenvalue weighted by atomic mass is 10.1. The molecule has 2 aromatic rings. The summed E-state index contributed by atoms with van der Waals surface area (Å²) in [5, 5.41) is 8.83. The lowest BCUT2D eigenvalue weighted by Crippen LogP contribution is -2.03. The fourth-order valence-electron chi connectivity index (χ4n) is 1.89. The van der Waals surface area contributed by atoms with E-state index in [-0.39, 0.29) is 11.6 Å². The number of carbonyl (C=O) groups is 1. The maximum absolute atomic E-state index is 13.2. The van der Waals surface area contributed by atoms with Gasteiger partial charge in [0.1, 0.15) is 5.82 Å². The average molecular weight is 299 g/mol. The van der Waals surface area contributed by atoms with Crippen molar-refractivity contribution in [3.05, 3.63) is 70.5 Å². The van der Waals surface area contributed by atoms with Crippen LogP contribution in [0.1, 0.15) is 27.0 Å². The topological polar surface area (TPSA) is 40.9 Å². The highest BCUT2D eigenvalue weighted by Crippen LogP contribution is 2.16. The van der Waals surface area contributed by atoms with Crippen molar-refractivity contribution in [3.8, 4) is 6.07 Å². The maximum Gasteiger partial charge on any atom is 0.172 e. The second-order valence-corrected chi connectivity index (χ2v) is 5.68. The summed E-state index contributed by atoms with van der Waals surface area (Å²) in [6.45, 7) is 1.65. The van der Waals surface area contributed by atoms with Gasteiger partial charge in [-0.25, -0.2) is 4.39 Å². The van der Waals surface area contributed by atoms with Crippen molar-refractivity contribution in [2.24, 2.45) is 0 Å². The number of halogens is 1. The number of ketones is 1. The van der Waals surface area contributed by atoms with Gasteiger partial charge in [0.2, 0.25) is 0 Å². The summed E-state index contributed by atoms with van der Waals surface area (Å²) in [5.74, 6) is 0.690. The highest BCUT2D eigenvalue weighted by Gasteiger charge is 2.08. The van der Waals surface area contributed by atoms with Gasteiger partial charge in [-0.05, 0) is 48.4 Å². The minimum atomic E-state index is -0.299. The predicted octanol–water partition coefficient (Wildman–Crippen LogP) is 4.12. The van der Waals surface area contributed by atoms with Gasteiger partial charge in [-0.1, -0.05) is 12.1 Å². The molecule has 0 N–H and O–H groups in total. The van der Waals surface area contributed by atoms with Gasteiger partial charge in [-0.3, -0.25) is 4.79 Å². The number of hydrogen-bond donors (Lipinski definition) is 0. The van der Waals surface area contributed by atoms with Crippen LogP contribution in [0.3, 0.4) is 0 Å². The quantitative estimate of drug-likeness (QED) is 0.780. The minimum Gasteiger partial charge on any atom is -0.293 e. The number of benzene rings is 2. The smallest absolute Gasteiger partial charge is 0.172 e. The first-order valence-corrected chi connectivity index (χ1v) is 7.62. The third-order valence-electron chi connectivity index (χ3n) is 3.04. The molecule has 106 valence electrons. The van der Waals surface area contributed by atoms with Gasteiger partial charge in [0.15, 0.2) is 5.78 Å². The molecule has 0 aliphatic carbocycles. The van der Waals surface area contributed by atoms with Crippen LogP contribution in [-0.2, 0) is 5.75 Å². The number of nitrogens with zero attached hydrogens (tertiary/aromatic N) is 1. The molecule has 0 radical (unpaired) electrons. The summed E-state index contributed by atoms with van der Waals surface area (Å²) >= 11 is 1.49. The minimum absolute atomic E-state index is 0.0143. The summed E-state index contributed by atoms with van der Waals surface area (Å²) in [7, 11) is 0. The zero-order chi connectivity index (χ0) is 15.2. The van der Waals surface area contributed by atoms with E-state index in [4.69, 9.17) is 5.26 Å². The lowest BCUT2D eigenvalue weighted by molar-refractivity contribution is 0.102. The van der Waals surface area contributed by atoms with Crippen molar-refractivity contribution >= 4 is 17.5 Å². The molecule has 0 aromatic heterocycles. The maximum atomic E-state index is 13.2. The predicted molar refractivity (Wildman–Crippen MR) is 82.8 cm³/mol. The van der Waals surface area contributed by atoms with Crippen LogP contribution < -0.4 is 0 Å². The molecule has 0 heterocycles. The van der Waals surface area contributed by atoms with E-state index in [1.54, 1.807) is 19.1 Å². The van der Waals surface area contributed by atoms with Crippen molar-refractivity contribution in [3.63, 3.8) is 0 Å². The molecule has 0 amide bonds. The van der Waals surface area contributed by atoms with Crippen LogP contribution >= 0.6 is 11.8 Å². The molecule has 0 atom stereocenters. The molecule has 21 heavy (non-hydrogen) atoms. The molecular weight excluding hydrogens is 285 g/mol. The summed E-state index contributed by atoms with van der Waals surface area (Å²) in [5.41, 5.74) is 2.65. The molecule has 0 fully saturated rings. The van der Waals surface area contributed by atoms with E-state index in [9.17, 15) is 9.18 Å². The molecule has 2 nitrogen and oxygen atoms in total. The monoisotopic (exact) mass is 299 g/mol. The van der Waals surface area contributed by atoms with Crippen LogP contribution in [-0.4, -0.2) is 11.5 Å². The number of hydrogen-bond acceptors (Lipinski definition) is 3. The second-order valence-electron chi connectivity index (χ2n) is 4.69. The van der Waals surface area contributed by atoms with Gasteiger partial charge in [0.05, 0.1) is 17.4 Å². The Morgan fingerprint density at radius 2 is 2.10 bits per heavy atom. The van der Waals surface area contributed by atoms with Crippen LogP contribution in [0.25, 0.3) is 0 Å². The summed E-state index contributed by atoms with van der Waals surface area (Å²) in [4.78, 5) is 12.0. The molecule has 2 rings (SSSR count). The Bertz CT molecular complexity index is 706. The Balaban J connectivity index is 1.92. The molecule has 0 bridgehead atoms. The molecular formula is C17H14FNOS. The Kier molecular flexibility index (Phi) is 5.13. The summed E-state index contributed by atoms with van der Waals surface area (Å²) in [6, 6.07) is 13.8. The molecule has 0 saturated carbocycles. The van der Waals surface area contributed by atoms with Crippen molar-refractivity contribution in [1.29, 1.82) is 5.26 Å². The first-order valence-electron chi connectivity index (χ1n) is 6.46. The Morgan fingerprint density at radius 3 is 2.81 bits per heavy atom. The fourth-order valence-corrected chi connectivity index (χ4v) is 2.76. The zero-order valence-electron chi connectivity index (χ0n) is 11.6. The average Bonchev–Trinajstić information content (AvgIpc) is 2.50. The number of Topliss-reactive ketones (excluding diaryl/α,β-unsaturated/α-hetero) is 1. The van der Waals surface area contributed by atoms with E-state index >= 15 is 0 Å². The van der Waals surface area contributed by atoms with E-state index in [2.05, 4.69) is 6.07 Å². The van der Waals surface area contributed by atoms with Gasteiger partial charge in [-0.2, -0.15) is 5.26 Å². The van der Waals surface area contributed by atoms with Gasteiger partial charge < -0.3 is 0 Å². The van der Waals surface area contributed by atoms with Gasteiger partial charge >= 0.3 is 0 Å². The van der Waals surface area contributed by atoms with E-state index in [0.717, 1.165) is 5.56 Å². The van der Waals surface area contributed by atoms with Crippen LogP contribution in [0, 0.1) is 24.1 Å². The molecule has 4 heteroatoms. The van der Waals surface area contributed by atoms with Crippen molar-refractivity contribution in [2.45, 2.75) is 12.7 Å². The van der Waals surface area contributed by atoms with Gasteiger partial charge in [-0.15, -0.1) is 11.8 Å². The zero-order valence-corrected chi connectivity index (χ0v) is 12.4. The van der Waals surface area contributed by atoms with E-state index in [0.29, 0.717) is 28.2 Å². The molecule has 0 aliphatic rings. The standard InChI is InChI=1S/C17H14FNOS/c1-12-7-15(5-6-16(12)18)17(20)11-21-10-14-4-2-3-13(8-14)9-19/h2-8H,10-11H2,1H3. The van der Waals surface area contributed by atoms with Crippen LogP contribution in [0.5, 0.6) is 0 Å². The molecule has 2 aromatic carbocycles. The normalized spacial score (nSPS) is 10.1. The first kappa shape index (κ1) is 15.3. The van der Waals surface area contributed by atoms with E-state index < -0.39 is 0 Å². The Labute approximate surface area is 127 Å². The highest BCUT2D eigenvalue weighted by atomic mass is 32.2. The van der Waals surface area contributed by atoms with E-state index in [1.165, 1.54) is 23.9 Å². The number of thioether (sulfide) groups is 1. The number of aryl methyl sites for hydroxylation is 1. The SMILES string of the molecule is Cc1cc(C(=O)CSCc2cccc(C#N)c2)ccc1F. The largest absolute Gasteiger partial charge is 0.293 e. The third-order valence-corrected chi connectivity index (χ3v) is 4.04. The molecule has 0 unspecified atom stereocenters. The summed E-state index contributed by atoms with van der Waals surface area (Å²) < 4.78 is 13.2. The van der Waals surface area contributed by atoms with Crippen molar-refractivity contribution < 1.29 is 9.18 Å². The number of nitriles is 1. The lowest BCUT2D eigenvalue weighted by Gasteiger charge is -2.04. The second kappa shape index (κ2) is 7.05. The Morgan fingerprint density at radius 1 is 1.29 bits per heavy atom. The van der Waals surface area contributed by atoms with Crippen LogP contribution in [0.15, 0.2) is 42.5 Å². The molecule has 0 aliphatic heterocycles. The molecule has 0 saturated heterocycles. The van der Waals surface area contributed by atoms with Gasteiger partial charge in [0.25, 0.3) is 0 Å². The first-order chi connectivity index (χ1) is 10.1.